The second-order valence-corrected chi connectivity index (χ2v) is 8.92. The molecular formula is C19H24BClN2O3S. The van der Waals surface area contributed by atoms with Gasteiger partial charge in [0.25, 0.3) is 0 Å². The standard InChI is InChI=1S/C19H24BClN2O3S/c1-18(2)19(3,4)26-20(25-18)14-8-13(10-22)16(15(21)9-14)27-17-12(11-24)6-5-7-23-17/h5-9,24H,10-11,22H2,1-4H3. The third-order valence-corrected chi connectivity index (χ3v) is 6.76. The van der Waals surface area contributed by atoms with Gasteiger partial charge in [0.15, 0.2) is 0 Å². The van der Waals surface area contributed by atoms with E-state index in [-0.39, 0.29) is 6.61 Å². The van der Waals surface area contributed by atoms with Gasteiger partial charge >= 0.3 is 7.12 Å². The number of nitrogens with zero attached hydrogens (tertiary/aromatic N) is 1. The summed E-state index contributed by atoms with van der Waals surface area (Å²) in [7, 11) is -0.500. The highest BCUT2D eigenvalue weighted by Crippen LogP contribution is 2.39. The minimum absolute atomic E-state index is 0.0856. The molecule has 0 unspecified atom stereocenters. The highest BCUT2D eigenvalue weighted by Gasteiger charge is 2.51. The molecule has 1 aliphatic rings. The minimum Gasteiger partial charge on any atom is -0.399 e. The van der Waals surface area contributed by atoms with Crippen molar-refractivity contribution in [3.8, 4) is 0 Å². The van der Waals surface area contributed by atoms with Gasteiger partial charge in [-0.1, -0.05) is 35.5 Å². The predicted molar refractivity (Wildman–Crippen MR) is 109 cm³/mol. The van der Waals surface area contributed by atoms with Crippen LogP contribution in [0.4, 0.5) is 0 Å². The molecule has 1 fully saturated rings. The molecule has 1 aromatic carbocycles. The van der Waals surface area contributed by atoms with Gasteiger partial charge in [-0.15, -0.1) is 0 Å². The quantitative estimate of drug-likeness (QED) is 0.743. The number of benzene rings is 1. The number of aromatic nitrogens is 1. The molecule has 2 aromatic rings. The number of hydrogen-bond donors (Lipinski definition) is 2. The predicted octanol–water partition coefficient (Wildman–Crippen LogP) is 3.14. The number of nitrogens with two attached hydrogens (primary N) is 1. The van der Waals surface area contributed by atoms with Gasteiger partial charge in [0.05, 0.1) is 22.8 Å². The number of pyridine rings is 1. The van der Waals surface area contributed by atoms with Crippen LogP contribution < -0.4 is 11.2 Å². The number of aliphatic hydroxyl groups excluding tert-OH is 1. The number of halogens is 1. The minimum atomic E-state index is -0.500. The lowest BCUT2D eigenvalue weighted by molar-refractivity contribution is 0.00578. The van der Waals surface area contributed by atoms with Crippen LogP contribution in [-0.4, -0.2) is 28.4 Å². The molecule has 144 valence electrons. The van der Waals surface area contributed by atoms with E-state index in [1.54, 1.807) is 12.3 Å². The van der Waals surface area contributed by atoms with Gasteiger partial charge in [0, 0.05) is 23.2 Å². The fraction of sp³-hybridized carbons (Fsp3) is 0.421. The van der Waals surface area contributed by atoms with Crippen molar-refractivity contribution in [1.82, 2.24) is 4.98 Å². The van der Waals surface area contributed by atoms with Crippen LogP contribution in [0.25, 0.3) is 0 Å². The number of rotatable bonds is 5. The van der Waals surface area contributed by atoms with Crippen molar-refractivity contribution in [2.75, 3.05) is 0 Å². The van der Waals surface area contributed by atoms with Crippen molar-refractivity contribution >= 4 is 35.9 Å². The van der Waals surface area contributed by atoms with Crippen LogP contribution in [0.3, 0.4) is 0 Å². The Bertz CT molecular complexity index is 832. The average molecular weight is 407 g/mol. The Morgan fingerprint density at radius 2 is 1.85 bits per heavy atom. The van der Waals surface area contributed by atoms with E-state index in [0.29, 0.717) is 16.6 Å². The van der Waals surface area contributed by atoms with Crippen molar-refractivity contribution in [3.63, 3.8) is 0 Å². The lowest BCUT2D eigenvalue weighted by atomic mass is 9.78. The van der Waals surface area contributed by atoms with Gasteiger partial charge < -0.3 is 20.1 Å². The second-order valence-electron chi connectivity index (χ2n) is 7.51. The first-order chi connectivity index (χ1) is 12.7. The summed E-state index contributed by atoms with van der Waals surface area (Å²) in [6.45, 7) is 8.29. The van der Waals surface area contributed by atoms with E-state index in [1.165, 1.54) is 11.8 Å². The van der Waals surface area contributed by atoms with E-state index < -0.39 is 18.3 Å². The van der Waals surface area contributed by atoms with Crippen LogP contribution >= 0.6 is 23.4 Å². The summed E-state index contributed by atoms with van der Waals surface area (Å²) >= 11 is 8.00. The van der Waals surface area contributed by atoms with E-state index >= 15 is 0 Å². The van der Waals surface area contributed by atoms with Crippen molar-refractivity contribution in [2.45, 2.75) is 62.0 Å². The zero-order valence-electron chi connectivity index (χ0n) is 16.0. The Hall–Kier alpha value is -1.09. The van der Waals surface area contributed by atoms with Crippen molar-refractivity contribution in [1.29, 1.82) is 0 Å². The average Bonchev–Trinajstić information content (AvgIpc) is 2.84. The zero-order chi connectivity index (χ0) is 19.8. The summed E-state index contributed by atoms with van der Waals surface area (Å²) in [4.78, 5) is 5.18. The first kappa shape index (κ1) is 20.6. The Morgan fingerprint density at radius 1 is 1.19 bits per heavy atom. The lowest BCUT2D eigenvalue weighted by Gasteiger charge is -2.32. The summed E-state index contributed by atoms with van der Waals surface area (Å²) in [6.07, 6.45) is 1.69. The van der Waals surface area contributed by atoms with Gasteiger partial charge in [-0.25, -0.2) is 4.98 Å². The van der Waals surface area contributed by atoms with Crippen molar-refractivity contribution in [2.24, 2.45) is 5.73 Å². The molecule has 0 bridgehead atoms. The summed E-state index contributed by atoms with van der Waals surface area (Å²) < 4.78 is 12.3. The molecule has 2 heterocycles. The largest absolute Gasteiger partial charge is 0.494 e. The molecule has 1 aliphatic heterocycles. The maximum atomic E-state index is 9.53. The molecular weight excluding hydrogens is 383 g/mol. The van der Waals surface area contributed by atoms with E-state index in [1.807, 2.05) is 45.9 Å². The Labute approximate surface area is 169 Å². The summed E-state index contributed by atoms with van der Waals surface area (Å²) in [5.41, 5.74) is 7.61. The molecule has 8 heteroatoms. The van der Waals surface area contributed by atoms with E-state index in [2.05, 4.69) is 4.98 Å². The molecule has 3 N–H and O–H groups in total. The topological polar surface area (TPSA) is 77.6 Å². The molecule has 0 spiro atoms. The van der Waals surface area contributed by atoms with E-state index in [4.69, 9.17) is 26.6 Å². The van der Waals surface area contributed by atoms with Gasteiger partial charge in [-0.3, -0.25) is 0 Å². The van der Waals surface area contributed by atoms with Crippen LogP contribution in [0.5, 0.6) is 0 Å². The highest BCUT2D eigenvalue weighted by molar-refractivity contribution is 7.99. The fourth-order valence-corrected chi connectivity index (χ4v) is 4.15. The lowest BCUT2D eigenvalue weighted by Crippen LogP contribution is -2.41. The summed E-state index contributed by atoms with van der Waals surface area (Å²) in [5, 5.41) is 10.8. The van der Waals surface area contributed by atoms with E-state index in [9.17, 15) is 5.11 Å². The molecule has 0 saturated carbocycles. The third kappa shape index (κ3) is 4.04. The SMILES string of the molecule is CC1(C)OB(c2cc(Cl)c(Sc3ncccc3CO)c(CN)c2)OC1(C)C. The fourth-order valence-electron chi connectivity index (χ4n) is 2.79. The monoisotopic (exact) mass is 406 g/mol. The number of hydrogen-bond acceptors (Lipinski definition) is 6. The molecule has 1 aromatic heterocycles. The van der Waals surface area contributed by atoms with Crippen molar-refractivity contribution < 1.29 is 14.4 Å². The maximum Gasteiger partial charge on any atom is 0.494 e. The van der Waals surface area contributed by atoms with Crippen LogP contribution in [0, 0.1) is 0 Å². The number of aliphatic hydroxyl groups is 1. The molecule has 0 radical (unpaired) electrons. The summed E-state index contributed by atoms with van der Waals surface area (Å²) in [5.74, 6) is 0. The molecule has 5 nitrogen and oxygen atoms in total. The van der Waals surface area contributed by atoms with Crippen molar-refractivity contribution in [3.05, 3.63) is 46.6 Å². The van der Waals surface area contributed by atoms with Crippen LogP contribution in [0.15, 0.2) is 40.4 Å². The van der Waals surface area contributed by atoms with Crippen LogP contribution in [0.2, 0.25) is 5.02 Å². The first-order valence-electron chi connectivity index (χ1n) is 8.79. The molecule has 0 atom stereocenters. The van der Waals surface area contributed by atoms with Crippen LogP contribution in [0.1, 0.15) is 38.8 Å². The van der Waals surface area contributed by atoms with Gasteiger partial charge in [0.1, 0.15) is 5.03 Å². The third-order valence-electron chi connectivity index (χ3n) is 5.11. The van der Waals surface area contributed by atoms with Crippen LogP contribution in [-0.2, 0) is 22.5 Å². The van der Waals surface area contributed by atoms with Gasteiger partial charge in [-0.2, -0.15) is 0 Å². The van der Waals surface area contributed by atoms with Gasteiger partial charge in [-0.05, 0) is 50.9 Å². The van der Waals surface area contributed by atoms with Gasteiger partial charge in [0.2, 0.25) is 0 Å². The normalized spacial score (nSPS) is 18.1. The Kier molecular flexibility index (Phi) is 5.92. The maximum absolute atomic E-state index is 9.53. The Morgan fingerprint density at radius 3 is 2.44 bits per heavy atom. The molecule has 1 saturated heterocycles. The zero-order valence-corrected chi connectivity index (χ0v) is 17.5. The molecule has 3 rings (SSSR count). The Balaban J connectivity index is 1.95. The van der Waals surface area contributed by atoms with E-state index in [0.717, 1.165) is 21.5 Å². The first-order valence-corrected chi connectivity index (χ1v) is 9.98. The molecule has 27 heavy (non-hydrogen) atoms. The summed E-state index contributed by atoms with van der Waals surface area (Å²) in [6, 6.07) is 7.46. The second kappa shape index (κ2) is 7.74. The smallest absolute Gasteiger partial charge is 0.399 e. The molecule has 0 amide bonds. The highest BCUT2D eigenvalue weighted by atomic mass is 35.5. The molecule has 0 aliphatic carbocycles.